The van der Waals surface area contributed by atoms with Gasteiger partial charge < -0.3 is 15.4 Å². The number of hydrogen-bond acceptors (Lipinski definition) is 5. The molecule has 1 amide bonds. The van der Waals surface area contributed by atoms with Crippen LogP contribution in [0.3, 0.4) is 0 Å². The topological polar surface area (TPSA) is 53.6 Å². The average molecular weight is 436 g/mol. The van der Waals surface area contributed by atoms with Gasteiger partial charge in [-0.15, -0.1) is 11.3 Å². The van der Waals surface area contributed by atoms with Crippen molar-refractivity contribution >= 4 is 33.0 Å². The maximum absolute atomic E-state index is 11.6. The summed E-state index contributed by atoms with van der Waals surface area (Å²) in [6.07, 6.45) is 3.51. The molecule has 0 bridgehead atoms. The number of nitrogens with one attached hydrogen (secondary N) is 2. The van der Waals surface area contributed by atoms with E-state index < -0.39 is 0 Å². The van der Waals surface area contributed by atoms with Crippen LogP contribution in [0.2, 0.25) is 0 Å². The van der Waals surface area contributed by atoms with Crippen LogP contribution in [0.5, 0.6) is 5.75 Å². The first kappa shape index (κ1) is 20.5. The van der Waals surface area contributed by atoms with Crippen LogP contribution in [0.25, 0.3) is 10.1 Å². The number of ether oxygens (including phenoxy) is 1. The zero-order chi connectivity index (χ0) is 21.0. The van der Waals surface area contributed by atoms with Gasteiger partial charge in [-0.3, -0.25) is 9.69 Å². The van der Waals surface area contributed by atoms with Gasteiger partial charge in [-0.1, -0.05) is 18.2 Å². The highest BCUT2D eigenvalue weighted by atomic mass is 32.1. The Balaban J connectivity index is 1.14. The molecule has 1 unspecified atom stereocenters. The highest BCUT2D eigenvalue weighted by Gasteiger charge is 2.24. The van der Waals surface area contributed by atoms with Crippen LogP contribution >= 0.6 is 11.3 Å². The standard InChI is InChI=1S/C25H29N3O2S/c29-25-9-7-18-6-8-19(16-22(18)27-25)30-14-2-1-12-28-13-11-26-17-23(28)20-4-3-5-24-21(20)10-15-31-24/h3-6,8,10,15-16,23,26H,1-2,7,9,11-14,17H2,(H,27,29). The lowest BCUT2D eigenvalue weighted by molar-refractivity contribution is -0.116. The van der Waals surface area contributed by atoms with E-state index in [0.29, 0.717) is 19.1 Å². The lowest BCUT2D eigenvalue weighted by Crippen LogP contribution is -2.46. The molecule has 2 aliphatic heterocycles. The number of thiophene rings is 1. The van der Waals surface area contributed by atoms with Crippen molar-refractivity contribution in [2.24, 2.45) is 0 Å². The minimum absolute atomic E-state index is 0.0911. The first-order chi connectivity index (χ1) is 15.3. The second-order valence-corrected chi connectivity index (χ2v) is 9.31. The fourth-order valence-electron chi connectivity index (χ4n) is 4.68. The fraction of sp³-hybridized carbons (Fsp3) is 0.400. The van der Waals surface area contributed by atoms with E-state index in [0.717, 1.165) is 56.9 Å². The molecule has 5 nitrogen and oxygen atoms in total. The quantitative estimate of drug-likeness (QED) is 0.533. The molecular weight excluding hydrogens is 406 g/mol. The van der Waals surface area contributed by atoms with Gasteiger partial charge in [0.25, 0.3) is 0 Å². The molecule has 1 saturated heterocycles. The van der Waals surface area contributed by atoms with E-state index in [9.17, 15) is 4.79 Å². The number of fused-ring (bicyclic) bond motifs is 2. The number of aryl methyl sites for hydroxylation is 1. The van der Waals surface area contributed by atoms with Gasteiger partial charge in [0, 0.05) is 48.6 Å². The number of carbonyl (C=O) groups excluding carboxylic acids is 1. The first-order valence-electron chi connectivity index (χ1n) is 11.2. The van der Waals surface area contributed by atoms with Crippen molar-refractivity contribution in [2.45, 2.75) is 31.7 Å². The normalized spacial score (nSPS) is 19.2. The molecule has 162 valence electrons. The van der Waals surface area contributed by atoms with E-state index in [1.54, 1.807) is 0 Å². The smallest absolute Gasteiger partial charge is 0.224 e. The Morgan fingerprint density at radius 1 is 1.13 bits per heavy atom. The second-order valence-electron chi connectivity index (χ2n) is 8.36. The lowest BCUT2D eigenvalue weighted by Gasteiger charge is -2.37. The van der Waals surface area contributed by atoms with E-state index in [4.69, 9.17) is 4.74 Å². The number of amides is 1. The number of rotatable bonds is 7. The van der Waals surface area contributed by atoms with E-state index in [1.807, 2.05) is 23.5 Å². The SMILES string of the molecule is O=C1CCc2ccc(OCCCCN3CCNCC3c3cccc4sccc34)cc2N1. The summed E-state index contributed by atoms with van der Waals surface area (Å²) in [6.45, 7) is 4.91. The van der Waals surface area contributed by atoms with Crippen LogP contribution < -0.4 is 15.4 Å². The summed E-state index contributed by atoms with van der Waals surface area (Å²) in [5.74, 6) is 0.929. The Bertz CT molecular complexity index is 1060. The molecular formula is C25H29N3O2S. The van der Waals surface area contributed by atoms with Gasteiger partial charge in [-0.25, -0.2) is 0 Å². The van der Waals surface area contributed by atoms with Crippen molar-refractivity contribution in [2.75, 3.05) is 38.1 Å². The molecule has 3 aromatic rings. The lowest BCUT2D eigenvalue weighted by atomic mass is 9.99. The van der Waals surface area contributed by atoms with E-state index in [2.05, 4.69) is 51.2 Å². The second kappa shape index (κ2) is 9.39. The van der Waals surface area contributed by atoms with Crippen molar-refractivity contribution in [3.63, 3.8) is 0 Å². The minimum atomic E-state index is 0.0911. The molecule has 0 spiro atoms. The molecule has 0 aliphatic carbocycles. The Morgan fingerprint density at radius 2 is 2.10 bits per heavy atom. The van der Waals surface area contributed by atoms with Gasteiger partial charge in [0.1, 0.15) is 5.75 Å². The molecule has 0 saturated carbocycles. The van der Waals surface area contributed by atoms with Crippen LogP contribution in [0.4, 0.5) is 5.69 Å². The zero-order valence-electron chi connectivity index (χ0n) is 17.7. The monoisotopic (exact) mass is 435 g/mol. The Hall–Kier alpha value is -2.41. The third kappa shape index (κ3) is 4.61. The molecule has 6 heteroatoms. The predicted octanol–water partition coefficient (Wildman–Crippen LogP) is 4.59. The van der Waals surface area contributed by atoms with Gasteiger partial charge in [0.05, 0.1) is 6.61 Å². The number of benzene rings is 2. The maximum atomic E-state index is 11.6. The third-order valence-corrected chi connectivity index (χ3v) is 7.21. The van der Waals surface area contributed by atoms with Crippen LogP contribution in [-0.4, -0.2) is 43.6 Å². The number of anilines is 1. The number of nitrogens with zero attached hydrogens (tertiary/aromatic N) is 1. The Kier molecular flexibility index (Phi) is 6.20. The zero-order valence-corrected chi connectivity index (χ0v) is 18.5. The van der Waals surface area contributed by atoms with Crippen molar-refractivity contribution in [3.8, 4) is 5.75 Å². The summed E-state index contributed by atoms with van der Waals surface area (Å²) < 4.78 is 7.35. The van der Waals surface area contributed by atoms with Crippen molar-refractivity contribution in [1.82, 2.24) is 10.2 Å². The fourth-order valence-corrected chi connectivity index (χ4v) is 5.50. The van der Waals surface area contributed by atoms with Crippen LogP contribution in [-0.2, 0) is 11.2 Å². The summed E-state index contributed by atoms with van der Waals surface area (Å²) in [7, 11) is 0. The number of piperazine rings is 1. The molecule has 2 aliphatic rings. The van der Waals surface area contributed by atoms with Crippen LogP contribution in [0.15, 0.2) is 47.8 Å². The van der Waals surface area contributed by atoms with Gasteiger partial charge >= 0.3 is 0 Å². The molecule has 1 aromatic heterocycles. The van der Waals surface area contributed by atoms with E-state index in [-0.39, 0.29) is 5.91 Å². The maximum Gasteiger partial charge on any atom is 0.224 e. The highest BCUT2D eigenvalue weighted by Crippen LogP contribution is 2.32. The average Bonchev–Trinajstić information content (AvgIpc) is 3.28. The van der Waals surface area contributed by atoms with Gasteiger partial charge in [-0.05, 0) is 65.9 Å². The van der Waals surface area contributed by atoms with Crippen LogP contribution in [0.1, 0.15) is 36.4 Å². The molecule has 31 heavy (non-hydrogen) atoms. The summed E-state index contributed by atoms with van der Waals surface area (Å²) >= 11 is 1.82. The highest BCUT2D eigenvalue weighted by molar-refractivity contribution is 7.17. The van der Waals surface area contributed by atoms with Crippen molar-refractivity contribution in [3.05, 3.63) is 59.0 Å². The van der Waals surface area contributed by atoms with Gasteiger partial charge in [0.15, 0.2) is 0 Å². The molecule has 1 fully saturated rings. The summed E-state index contributed by atoms with van der Waals surface area (Å²) in [4.78, 5) is 14.2. The van der Waals surface area contributed by atoms with Gasteiger partial charge in [0.2, 0.25) is 5.91 Å². The Labute approximate surface area is 187 Å². The predicted molar refractivity (Wildman–Crippen MR) is 127 cm³/mol. The minimum Gasteiger partial charge on any atom is -0.494 e. The van der Waals surface area contributed by atoms with E-state index >= 15 is 0 Å². The number of hydrogen-bond donors (Lipinski definition) is 2. The summed E-state index contributed by atoms with van der Waals surface area (Å²) in [5.41, 5.74) is 3.54. The molecule has 1 atom stereocenters. The first-order valence-corrected chi connectivity index (χ1v) is 12.1. The molecule has 3 heterocycles. The van der Waals surface area contributed by atoms with E-state index in [1.165, 1.54) is 21.2 Å². The Morgan fingerprint density at radius 3 is 3.06 bits per heavy atom. The van der Waals surface area contributed by atoms with Crippen molar-refractivity contribution < 1.29 is 9.53 Å². The number of carbonyl (C=O) groups is 1. The third-order valence-electron chi connectivity index (χ3n) is 6.33. The summed E-state index contributed by atoms with van der Waals surface area (Å²) in [6, 6.07) is 15.4. The molecule has 0 radical (unpaired) electrons. The molecule has 5 rings (SSSR count). The van der Waals surface area contributed by atoms with Gasteiger partial charge in [-0.2, -0.15) is 0 Å². The molecule has 2 aromatic carbocycles. The number of unbranched alkanes of at least 4 members (excludes halogenated alkanes) is 1. The van der Waals surface area contributed by atoms with Crippen molar-refractivity contribution in [1.29, 1.82) is 0 Å². The summed E-state index contributed by atoms with van der Waals surface area (Å²) in [5, 5.41) is 10.1. The van der Waals surface area contributed by atoms with Crippen LogP contribution in [0, 0.1) is 0 Å². The largest absolute Gasteiger partial charge is 0.494 e. The molecule has 2 N–H and O–H groups in total.